The molecule has 0 saturated carbocycles. The summed E-state index contributed by atoms with van der Waals surface area (Å²) < 4.78 is 1.96. The summed E-state index contributed by atoms with van der Waals surface area (Å²) in [5, 5.41) is 0.722. The fourth-order valence-corrected chi connectivity index (χ4v) is 1.94. The molecule has 0 bridgehead atoms. The van der Waals surface area contributed by atoms with Gasteiger partial charge in [-0.05, 0) is 23.8 Å². The van der Waals surface area contributed by atoms with Crippen LogP contribution in [0.5, 0.6) is 0 Å². The summed E-state index contributed by atoms with van der Waals surface area (Å²) in [5.74, 6) is 0.892. The standard InChI is InChI=1S/C12H15ClN4/c1-16-6-5-15-12(16)17(2)8-9-7-10(14)3-4-11(9)13/h3-7H,8,14H2,1-2H3. The molecule has 0 aliphatic heterocycles. The lowest BCUT2D eigenvalue weighted by Gasteiger charge is -2.19. The molecule has 0 fully saturated rings. The van der Waals surface area contributed by atoms with Gasteiger partial charge in [0.15, 0.2) is 0 Å². The van der Waals surface area contributed by atoms with Crippen molar-refractivity contribution in [2.24, 2.45) is 7.05 Å². The van der Waals surface area contributed by atoms with Gasteiger partial charge in [-0.3, -0.25) is 0 Å². The van der Waals surface area contributed by atoms with Gasteiger partial charge >= 0.3 is 0 Å². The minimum atomic E-state index is 0.675. The zero-order valence-electron chi connectivity index (χ0n) is 9.89. The van der Waals surface area contributed by atoms with Crippen molar-refractivity contribution in [1.82, 2.24) is 9.55 Å². The third-order valence-corrected chi connectivity index (χ3v) is 2.98. The highest BCUT2D eigenvalue weighted by atomic mass is 35.5. The number of nitrogen functional groups attached to an aromatic ring is 1. The Bertz CT molecular complexity index is 521. The van der Waals surface area contributed by atoms with Gasteiger partial charge in [0.2, 0.25) is 5.95 Å². The predicted molar refractivity (Wildman–Crippen MR) is 71.2 cm³/mol. The van der Waals surface area contributed by atoms with Crippen LogP contribution in [-0.4, -0.2) is 16.6 Å². The average Bonchev–Trinajstić information content (AvgIpc) is 2.70. The van der Waals surface area contributed by atoms with E-state index in [-0.39, 0.29) is 0 Å². The second-order valence-corrected chi connectivity index (χ2v) is 4.45. The van der Waals surface area contributed by atoms with Crippen LogP contribution in [-0.2, 0) is 13.6 Å². The van der Waals surface area contributed by atoms with E-state index in [4.69, 9.17) is 17.3 Å². The van der Waals surface area contributed by atoms with E-state index in [1.165, 1.54) is 0 Å². The van der Waals surface area contributed by atoms with E-state index in [9.17, 15) is 0 Å². The van der Waals surface area contributed by atoms with Gasteiger partial charge in [0, 0.05) is 43.7 Å². The molecule has 17 heavy (non-hydrogen) atoms. The number of hydrogen-bond donors (Lipinski definition) is 1. The molecule has 0 amide bonds. The Morgan fingerprint density at radius 2 is 2.24 bits per heavy atom. The SMILES string of the molecule is CN(Cc1cc(N)ccc1Cl)c1nccn1C. The number of nitrogens with two attached hydrogens (primary N) is 1. The van der Waals surface area contributed by atoms with Gasteiger partial charge in [0.1, 0.15) is 0 Å². The maximum atomic E-state index is 6.13. The van der Waals surface area contributed by atoms with Crippen molar-refractivity contribution >= 4 is 23.2 Å². The fourth-order valence-electron chi connectivity index (χ4n) is 1.77. The van der Waals surface area contributed by atoms with Crippen LogP contribution in [0.4, 0.5) is 11.6 Å². The molecule has 1 heterocycles. The molecule has 0 aliphatic carbocycles. The summed E-state index contributed by atoms with van der Waals surface area (Å²) in [4.78, 5) is 6.31. The van der Waals surface area contributed by atoms with Crippen LogP contribution >= 0.6 is 11.6 Å². The van der Waals surface area contributed by atoms with Crippen LogP contribution in [0.1, 0.15) is 5.56 Å². The maximum Gasteiger partial charge on any atom is 0.205 e. The molecule has 4 nitrogen and oxygen atoms in total. The molecule has 2 N–H and O–H groups in total. The average molecular weight is 251 g/mol. The zero-order chi connectivity index (χ0) is 12.4. The quantitative estimate of drug-likeness (QED) is 0.851. The highest BCUT2D eigenvalue weighted by molar-refractivity contribution is 6.31. The number of imidazole rings is 1. The summed E-state index contributed by atoms with van der Waals surface area (Å²) in [7, 11) is 3.93. The van der Waals surface area contributed by atoms with Gasteiger partial charge in [-0.1, -0.05) is 11.6 Å². The van der Waals surface area contributed by atoms with E-state index in [0.29, 0.717) is 6.54 Å². The van der Waals surface area contributed by atoms with Crippen molar-refractivity contribution in [3.63, 3.8) is 0 Å². The molecule has 2 rings (SSSR count). The molecule has 2 aromatic rings. The fraction of sp³-hybridized carbons (Fsp3) is 0.250. The van der Waals surface area contributed by atoms with Gasteiger partial charge < -0.3 is 15.2 Å². The molecular formula is C12H15ClN4. The molecule has 0 radical (unpaired) electrons. The number of anilines is 2. The van der Waals surface area contributed by atoms with Crippen molar-refractivity contribution in [2.45, 2.75) is 6.54 Å². The second-order valence-electron chi connectivity index (χ2n) is 4.05. The Morgan fingerprint density at radius 1 is 1.47 bits per heavy atom. The minimum Gasteiger partial charge on any atom is -0.399 e. The molecule has 1 aromatic carbocycles. The van der Waals surface area contributed by atoms with Crippen molar-refractivity contribution in [1.29, 1.82) is 0 Å². The monoisotopic (exact) mass is 250 g/mol. The molecule has 0 atom stereocenters. The highest BCUT2D eigenvalue weighted by Crippen LogP contribution is 2.21. The van der Waals surface area contributed by atoms with Crippen molar-refractivity contribution < 1.29 is 0 Å². The summed E-state index contributed by atoms with van der Waals surface area (Å²) >= 11 is 6.13. The largest absolute Gasteiger partial charge is 0.399 e. The van der Waals surface area contributed by atoms with Gasteiger partial charge in [-0.2, -0.15) is 0 Å². The van der Waals surface area contributed by atoms with E-state index in [0.717, 1.165) is 22.2 Å². The lowest BCUT2D eigenvalue weighted by atomic mass is 10.2. The molecular weight excluding hydrogens is 236 g/mol. The van der Waals surface area contributed by atoms with Crippen LogP contribution in [0.25, 0.3) is 0 Å². The van der Waals surface area contributed by atoms with E-state index in [2.05, 4.69) is 4.98 Å². The van der Waals surface area contributed by atoms with Crippen LogP contribution in [0, 0.1) is 0 Å². The first kappa shape index (κ1) is 11.8. The van der Waals surface area contributed by atoms with Crippen LogP contribution < -0.4 is 10.6 Å². The molecule has 0 saturated heterocycles. The Labute approximate surface area is 106 Å². The van der Waals surface area contributed by atoms with Crippen LogP contribution in [0.15, 0.2) is 30.6 Å². The van der Waals surface area contributed by atoms with Crippen molar-refractivity contribution in [3.05, 3.63) is 41.2 Å². The van der Waals surface area contributed by atoms with Gasteiger partial charge in [0.05, 0.1) is 0 Å². The van der Waals surface area contributed by atoms with Crippen molar-refractivity contribution in [3.8, 4) is 0 Å². The summed E-state index contributed by atoms with van der Waals surface area (Å²) in [6, 6.07) is 5.51. The molecule has 0 aliphatic rings. The summed E-state index contributed by atoms with van der Waals surface area (Å²) in [6.45, 7) is 0.675. The van der Waals surface area contributed by atoms with E-state index in [1.807, 2.05) is 41.9 Å². The number of aromatic nitrogens is 2. The highest BCUT2D eigenvalue weighted by Gasteiger charge is 2.09. The molecule has 0 spiro atoms. The Hall–Kier alpha value is -1.68. The topological polar surface area (TPSA) is 47.1 Å². The van der Waals surface area contributed by atoms with Gasteiger partial charge in [-0.25, -0.2) is 4.98 Å². The molecule has 90 valence electrons. The zero-order valence-corrected chi connectivity index (χ0v) is 10.6. The van der Waals surface area contributed by atoms with Crippen molar-refractivity contribution in [2.75, 3.05) is 17.7 Å². The predicted octanol–water partition coefficient (Wildman–Crippen LogP) is 2.29. The van der Waals surface area contributed by atoms with E-state index in [1.54, 1.807) is 12.3 Å². The van der Waals surface area contributed by atoms with Gasteiger partial charge in [0.25, 0.3) is 0 Å². The van der Waals surface area contributed by atoms with Gasteiger partial charge in [-0.15, -0.1) is 0 Å². The Morgan fingerprint density at radius 3 is 2.88 bits per heavy atom. The summed E-state index contributed by atoms with van der Waals surface area (Å²) in [5.41, 5.74) is 7.47. The Kier molecular flexibility index (Phi) is 3.24. The number of aryl methyl sites for hydroxylation is 1. The van der Waals surface area contributed by atoms with E-state index >= 15 is 0 Å². The lowest BCUT2D eigenvalue weighted by Crippen LogP contribution is -2.20. The minimum absolute atomic E-state index is 0.675. The normalized spacial score (nSPS) is 10.5. The number of nitrogens with zero attached hydrogens (tertiary/aromatic N) is 3. The molecule has 1 aromatic heterocycles. The number of hydrogen-bond acceptors (Lipinski definition) is 3. The second kappa shape index (κ2) is 4.67. The lowest BCUT2D eigenvalue weighted by molar-refractivity contribution is 0.806. The summed E-state index contributed by atoms with van der Waals surface area (Å²) in [6.07, 6.45) is 3.68. The maximum absolute atomic E-state index is 6.13. The number of benzene rings is 1. The smallest absolute Gasteiger partial charge is 0.205 e. The first-order valence-electron chi connectivity index (χ1n) is 5.30. The molecule has 5 heteroatoms. The number of rotatable bonds is 3. The third kappa shape index (κ3) is 2.53. The third-order valence-electron chi connectivity index (χ3n) is 2.61. The van der Waals surface area contributed by atoms with Crippen LogP contribution in [0.3, 0.4) is 0 Å². The first-order valence-corrected chi connectivity index (χ1v) is 5.68. The first-order chi connectivity index (χ1) is 8.08. The van der Waals surface area contributed by atoms with E-state index < -0.39 is 0 Å². The Balaban J connectivity index is 2.21. The van der Waals surface area contributed by atoms with Crippen LogP contribution in [0.2, 0.25) is 5.02 Å². The number of halogens is 1. The molecule has 0 unspecified atom stereocenters.